The molecule has 2 aromatic rings. The topological polar surface area (TPSA) is 39.6 Å². The largest absolute Gasteiger partial charge is 0.417 e. The Labute approximate surface area is 95.3 Å². The van der Waals surface area contributed by atoms with E-state index in [1.165, 1.54) is 30.5 Å². The number of aromatic nitrogens is 1. The Kier molecular flexibility index (Phi) is 2.64. The molecule has 86 valence electrons. The third-order valence-electron chi connectivity index (χ3n) is 2.33. The van der Waals surface area contributed by atoms with Crippen molar-refractivity contribution >= 4 is 0 Å². The molecule has 1 aromatic carbocycles. The number of nitrogens with zero attached hydrogens (tertiary/aromatic N) is 1. The van der Waals surface area contributed by atoms with Crippen molar-refractivity contribution in [3.8, 4) is 17.3 Å². The van der Waals surface area contributed by atoms with E-state index in [0.717, 1.165) is 6.07 Å². The molecule has 0 saturated carbocycles. The summed E-state index contributed by atoms with van der Waals surface area (Å²) in [6, 6.07) is 8.50. The van der Waals surface area contributed by atoms with Crippen molar-refractivity contribution in [2.45, 2.75) is 6.18 Å². The summed E-state index contributed by atoms with van der Waals surface area (Å²) in [6.07, 6.45) is -3.03. The predicted molar refractivity (Wildman–Crippen MR) is 55.9 cm³/mol. The predicted octanol–water partition coefficient (Wildman–Crippen LogP) is 3.57. The highest BCUT2D eigenvalue weighted by atomic mass is 19.4. The van der Waals surface area contributed by atoms with Gasteiger partial charge in [-0.3, -0.25) is 0 Å². The number of hydrogen-bond donors (Lipinski definition) is 1. The highest BCUT2D eigenvalue weighted by molar-refractivity contribution is 5.66. The molecule has 0 radical (unpaired) electrons. The number of aromatic amines is 1. The van der Waals surface area contributed by atoms with Crippen molar-refractivity contribution in [1.29, 1.82) is 5.26 Å². The molecule has 0 amide bonds. The van der Waals surface area contributed by atoms with Crippen LogP contribution in [-0.2, 0) is 6.18 Å². The summed E-state index contributed by atoms with van der Waals surface area (Å²) in [5, 5.41) is 8.63. The lowest BCUT2D eigenvalue weighted by atomic mass is 10.0. The summed E-state index contributed by atoms with van der Waals surface area (Å²) in [6.45, 7) is 0. The fourth-order valence-corrected chi connectivity index (χ4v) is 1.58. The third kappa shape index (κ3) is 2.16. The number of alkyl halides is 3. The summed E-state index contributed by atoms with van der Waals surface area (Å²) < 4.78 is 38.2. The number of nitrogens with one attached hydrogen (secondary N) is 1. The number of rotatable bonds is 1. The molecule has 1 aromatic heterocycles. The maximum absolute atomic E-state index is 12.7. The Morgan fingerprint density at radius 1 is 1.18 bits per heavy atom. The molecule has 0 spiro atoms. The fourth-order valence-electron chi connectivity index (χ4n) is 1.58. The van der Waals surface area contributed by atoms with Crippen LogP contribution in [0.4, 0.5) is 13.2 Å². The summed E-state index contributed by atoms with van der Waals surface area (Å²) in [5.74, 6) is 0. The molecule has 0 unspecified atom stereocenters. The second kappa shape index (κ2) is 3.98. The molecule has 1 heterocycles. The van der Waals surface area contributed by atoms with Crippen LogP contribution in [0.3, 0.4) is 0 Å². The molecule has 0 bridgehead atoms. The maximum Gasteiger partial charge on any atom is 0.417 e. The van der Waals surface area contributed by atoms with Crippen LogP contribution in [0.2, 0.25) is 0 Å². The summed E-state index contributed by atoms with van der Waals surface area (Å²) in [5.41, 5.74) is -0.0840. The standard InChI is InChI=1S/C12H7F3N2/c13-12(14,15)10-4-2-1-3-9(10)11-5-8(6-16)7-17-11/h1-5,7,17H. The summed E-state index contributed by atoms with van der Waals surface area (Å²) in [4.78, 5) is 2.66. The van der Waals surface area contributed by atoms with E-state index >= 15 is 0 Å². The van der Waals surface area contributed by atoms with Gasteiger partial charge in [0.05, 0.1) is 11.1 Å². The molecule has 2 rings (SSSR count). The first-order chi connectivity index (χ1) is 8.02. The van der Waals surface area contributed by atoms with Gasteiger partial charge in [0.25, 0.3) is 0 Å². The van der Waals surface area contributed by atoms with E-state index in [0.29, 0.717) is 5.56 Å². The normalized spacial score (nSPS) is 11.2. The van der Waals surface area contributed by atoms with Crippen molar-refractivity contribution < 1.29 is 13.2 Å². The molecule has 0 aliphatic heterocycles. The first-order valence-electron chi connectivity index (χ1n) is 4.77. The fraction of sp³-hybridized carbons (Fsp3) is 0.0833. The lowest BCUT2D eigenvalue weighted by molar-refractivity contribution is -0.137. The number of hydrogen-bond acceptors (Lipinski definition) is 1. The van der Waals surface area contributed by atoms with E-state index in [1.807, 2.05) is 6.07 Å². The highest BCUT2D eigenvalue weighted by Crippen LogP contribution is 2.36. The Morgan fingerprint density at radius 2 is 1.88 bits per heavy atom. The van der Waals surface area contributed by atoms with Gasteiger partial charge in [-0.05, 0) is 12.1 Å². The van der Waals surface area contributed by atoms with Gasteiger partial charge < -0.3 is 4.98 Å². The van der Waals surface area contributed by atoms with Gasteiger partial charge in [-0.1, -0.05) is 18.2 Å². The Bertz CT molecular complexity index is 576. The minimum absolute atomic E-state index is 0.0431. The average molecular weight is 236 g/mol. The van der Waals surface area contributed by atoms with Gasteiger partial charge in [0, 0.05) is 17.5 Å². The molecule has 0 aliphatic rings. The number of halogens is 3. The first kappa shape index (κ1) is 11.3. The summed E-state index contributed by atoms with van der Waals surface area (Å²) >= 11 is 0. The molecule has 1 N–H and O–H groups in total. The lowest BCUT2D eigenvalue weighted by Crippen LogP contribution is -2.06. The quantitative estimate of drug-likeness (QED) is 0.807. The second-order valence-electron chi connectivity index (χ2n) is 3.46. The number of H-pyrrole nitrogens is 1. The van der Waals surface area contributed by atoms with E-state index < -0.39 is 11.7 Å². The number of nitriles is 1. The second-order valence-corrected chi connectivity index (χ2v) is 3.46. The molecular weight excluding hydrogens is 229 g/mol. The zero-order valence-corrected chi connectivity index (χ0v) is 8.55. The highest BCUT2D eigenvalue weighted by Gasteiger charge is 2.33. The summed E-state index contributed by atoms with van der Waals surface area (Å²) in [7, 11) is 0. The zero-order valence-electron chi connectivity index (χ0n) is 8.55. The molecule has 0 aliphatic carbocycles. The van der Waals surface area contributed by atoms with Gasteiger partial charge >= 0.3 is 6.18 Å². The van der Waals surface area contributed by atoms with E-state index in [1.54, 1.807) is 0 Å². The van der Waals surface area contributed by atoms with E-state index in [9.17, 15) is 13.2 Å². The monoisotopic (exact) mass is 236 g/mol. The Hall–Kier alpha value is -2.22. The minimum atomic E-state index is -4.41. The molecule has 0 fully saturated rings. The van der Waals surface area contributed by atoms with Crippen LogP contribution >= 0.6 is 0 Å². The van der Waals surface area contributed by atoms with Crippen LogP contribution < -0.4 is 0 Å². The van der Waals surface area contributed by atoms with Crippen LogP contribution in [0, 0.1) is 11.3 Å². The smallest absolute Gasteiger partial charge is 0.360 e. The van der Waals surface area contributed by atoms with Gasteiger partial charge in [-0.15, -0.1) is 0 Å². The van der Waals surface area contributed by atoms with Crippen LogP contribution in [0.1, 0.15) is 11.1 Å². The van der Waals surface area contributed by atoms with Crippen molar-refractivity contribution in [2.75, 3.05) is 0 Å². The SMILES string of the molecule is N#Cc1c[nH]c(-c2ccccc2C(F)(F)F)c1. The van der Waals surface area contributed by atoms with Crippen LogP contribution in [0.25, 0.3) is 11.3 Å². The molecule has 0 atom stereocenters. The molecule has 2 nitrogen and oxygen atoms in total. The van der Waals surface area contributed by atoms with E-state index in [4.69, 9.17) is 5.26 Å². The van der Waals surface area contributed by atoms with Gasteiger partial charge in [0.1, 0.15) is 6.07 Å². The first-order valence-corrected chi connectivity index (χ1v) is 4.77. The molecular formula is C12H7F3N2. The molecule has 5 heteroatoms. The Morgan fingerprint density at radius 3 is 2.47 bits per heavy atom. The minimum Gasteiger partial charge on any atom is -0.360 e. The van der Waals surface area contributed by atoms with Crippen molar-refractivity contribution in [2.24, 2.45) is 0 Å². The van der Waals surface area contributed by atoms with Crippen molar-refractivity contribution in [3.63, 3.8) is 0 Å². The number of benzene rings is 1. The average Bonchev–Trinajstić information content (AvgIpc) is 2.76. The van der Waals surface area contributed by atoms with E-state index in [-0.39, 0.29) is 11.3 Å². The van der Waals surface area contributed by atoms with Gasteiger partial charge in [0.15, 0.2) is 0 Å². The van der Waals surface area contributed by atoms with Crippen LogP contribution in [-0.4, -0.2) is 4.98 Å². The van der Waals surface area contributed by atoms with Gasteiger partial charge in [0.2, 0.25) is 0 Å². The van der Waals surface area contributed by atoms with E-state index in [2.05, 4.69) is 4.98 Å². The third-order valence-corrected chi connectivity index (χ3v) is 2.33. The van der Waals surface area contributed by atoms with Gasteiger partial charge in [-0.2, -0.15) is 18.4 Å². The lowest BCUT2D eigenvalue weighted by Gasteiger charge is -2.11. The van der Waals surface area contributed by atoms with Crippen molar-refractivity contribution in [1.82, 2.24) is 4.98 Å². The van der Waals surface area contributed by atoms with Crippen LogP contribution in [0.15, 0.2) is 36.5 Å². The van der Waals surface area contributed by atoms with Gasteiger partial charge in [-0.25, -0.2) is 0 Å². The zero-order chi connectivity index (χ0) is 12.5. The molecule has 0 saturated heterocycles. The van der Waals surface area contributed by atoms with Crippen LogP contribution in [0.5, 0.6) is 0 Å². The van der Waals surface area contributed by atoms with Crippen molar-refractivity contribution in [3.05, 3.63) is 47.7 Å². The Balaban J connectivity index is 2.56. The maximum atomic E-state index is 12.7. The molecule has 17 heavy (non-hydrogen) atoms.